The van der Waals surface area contributed by atoms with Crippen molar-refractivity contribution in [3.8, 4) is 11.1 Å². The van der Waals surface area contributed by atoms with E-state index >= 15 is 0 Å². The lowest BCUT2D eigenvalue weighted by atomic mass is 10.0. The van der Waals surface area contributed by atoms with Gasteiger partial charge in [0.2, 0.25) is 0 Å². The lowest BCUT2D eigenvalue weighted by molar-refractivity contribution is -0.140. The standard InChI is InChI=1S/C23H22N2O3S/c1-3-19-24-22-21(23(27)25(19)12-6-9-20(26)28-2)18(14-29-22)17-11-10-15-7-4-5-8-16(15)13-17/h4-5,7-8,10-11,13-14H,3,6,9,12H2,1-2H3. The van der Waals surface area contributed by atoms with Crippen LogP contribution in [0.3, 0.4) is 0 Å². The first kappa shape index (κ1) is 19.3. The van der Waals surface area contributed by atoms with E-state index in [1.807, 2.05) is 24.4 Å². The Balaban J connectivity index is 1.80. The lowest BCUT2D eigenvalue weighted by Gasteiger charge is -2.11. The van der Waals surface area contributed by atoms with Gasteiger partial charge in [0.15, 0.2) is 0 Å². The van der Waals surface area contributed by atoms with Crippen LogP contribution >= 0.6 is 11.3 Å². The molecule has 0 aliphatic carbocycles. The molecule has 0 bridgehead atoms. The first-order valence-corrected chi connectivity index (χ1v) is 10.6. The molecule has 0 aliphatic rings. The quantitative estimate of drug-likeness (QED) is 0.432. The number of benzene rings is 2. The second kappa shape index (κ2) is 8.17. The van der Waals surface area contributed by atoms with Gasteiger partial charge >= 0.3 is 5.97 Å². The Labute approximate surface area is 172 Å². The minimum absolute atomic E-state index is 0.0406. The highest BCUT2D eigenvalue weighted by Crippen LogP contribution is 2.33. The fourth-order valence-corrected chi connectivity index (χ4v) is 4.58. The topological polar surface area (TPSA) is 61.2 Å². The second-order valence-electron chi connectivity index (χ2n) is 6.91. The molecule has 6 heteroatoms. The van der Waals surface area contributed by atoms with E-state index in [0.717, 1.165) is 27.2 Å². The van der Waals surface area contributed by atoms with Crippen molar-refractivity contribution in [2.24, 2.45) is 0 Å². The first-order valence-electron chi connectivity index (χ1n) is 9.69. The molecule has 0 saturated carbocycles. The highest BCUT2D eigenvalue weighted by atomic mass is 32.1. The van der Waals surface area contributed by atoms with Gasteiger partial charge in [0, 0.05) is 30.3 Å². The largest absolute Gasteiger partial charge is 0.469 e. The zero-order valence-electron chi connectivity index (χ0n) is 16.5. The lowest BCUT2D eigenvalue weighted by Crippen LogP contribution is -2.25. The van der Waals surface area contributed by atoms with Crippen molar-refractivity contribution in [1.29, 1.82) is 0 Å². The van der Waals surface area contributed by atoms with E-state index < -0.39 is 0 Å². The number of nitrogens with zero attached hydrogens (tertiary/aromatic N) is 2. The van der Waals surface area contributed by atoms with Gasteiger partial charge in [0.05, 0.1) is 12.5 Å². The summed E-state index contributed by atoms with van der Waals surface area (Å²) in [5.41, 5.74) is 1.89. The third-order valence-electron chi connectivity index (χ3n) is 5.14. The zero-order chi connectivity index (χ0) is 20.4. The van der Waals surface area contributed by atoms with Gasteiger partial charge in [0.1, 0.15) is 10.7 Å². The van der Waals surface area contributed by atoms with E-state index in [2.05, 4.69) is 30.3 Å². The molecule has 29 heavy (non-hydrogen) atoms. The van der Waals surface area contributed by atoms with Gasteiger partial charge in [-0.25, -0.2) is 4.98 Å². The summed E-state index contributed by atoms with van der Waals surface area (Å²) in [7, 11) is 1.38. The Hall–Kier alpha value is -2.99. The van der Waals surface area contributed by atoms with Gasteiger partial charge in [-0.15, -0.1) is 11.3 Å². The van der Waals surface area contributed by atoms with Crippen LogP contribution in [0.5, 0.6) is 0 Å². The number of aromatic nitrogens is 2. The van der Waals surface area contributed by atoms with E-state index in [1.165, 1.54) is 23.8 Å². The predicted octanol–water partition coefficient (Wildman–Crippen LogP) is 4.79. The van der Waals surface area contributed by atoms with Crippen LogP contribution in [0.4, 0.5) is 0 Å². The Morgan fingerprint density at radius 3 is 2.72 bits per heavy atom. The number of methoxy groups -OCH3 is 1. The average molecular weight is 407 g/mol. The maximum absolute atomic E-state index is 13.4. The molecular weight excluding hydrogens is 384 g/mol. The van der Waals surface area contributed by atoms with Gasteiger partial charge in [-0.1, -0.05) is 43.3 Å². The van der Waals surface area contributed by atoms with E-state index in [-0.39, 0.29) is 17.9 Å². The summed E-state index contributed by atoms with van der Waals surface area (Å²) in [6.45, 7) is 2.44. The van der Waals surface area contributed by atoms with E-state index in [1.54, 1.807) is 4.57 Å². The molecule has 0 fully saturated rings. The number of hydrogen-bond donors (Lipinski definition) is 0. The van der Waals surface area contributed by atoms with Crippen molar-refractivity contribution in [2.45, 2.75) is 32.7 Å². The summed E-state index contributed by atoms with van der Waals surface area (Å²) >= 11 is 1.50. The molecule has 2 aromatic heterocycles. The number of hydrogen-bond acceptors (Lipinski definition) is 5. The summed E-state index contributed by atoms with van der Waals surface area (Å²) < 4.78 is 6.42. The number of thiophene rings is 1. The van der Waals surface area contributed by atoms with Crippen LogP contribution in [0.1, 0.15) is 25.6 Å². The van der Waals surface area contributed by atoms with Gasteiger partial charge in [-0.05, 0) is 28.8 Å². The molecule has 0 spiro atoms. The van der Waals surface area contributed by atoms with Crippen LogP contribution < -0.4 is 5.56 Å². The number of rotatable bonds is 6. The summed E-state index contributed by atoms with van der Waals surface area (Å²) in [4.78, 5) is 30.3. The Morgan fingerprint density at radius 1 is 1.17 bits per heavy atom. The van der Waals surface area contributed by atoms with E-state index in [9.17, 15) is 9.59 Å². The molecule has 0 aliphatic heterocycles. The molecule has 2 aromatic carbocycles. The van der Waals surface area contributed by atoms with Crippen molar-refractivity contribution >= 4 is 38.3 Å². The second-order valence-corrected chi connectivity index (χ2v) is 7.77. The van der Waals surface area contributed by atoms with Crippen LogP contribution in [0.15, 0.2) is 52.6 Å². The highest BCUT2D eigenvalue weighted by Gasteiger charge is 2.17. The van der Waals surface area contributed by atoms with Crippen LogP contribution in [-0.4, -0.2) is 22.6 Å². The Bertz CT molecular complexity index is 1260. The molecule has 0 unspecified atom stereocenters. The summed E-state index contributed by atoms with van der Waals surface area (Å²) in [6.07, 6.45) is 1.49. The van der Waals surface area contributed by atoms with Crippen molar-refractivity contribution < 1.29 is 9.53 Å². The molecular formula is C23H22N2O3S. The van der Waals surface area contributed by atoms with Crippen molar-refractivity contribution in [1.82, 2.24) is 9.55 Å². The van der Waals surface area contributed by atoms with Gasteiger partial charge < -0.3 is 4.74 Å². The Kier molecular flexibility index (Phi) is 5.45. The van der Waals surface area contributed by atoms with Gasteiger partial charge in [-0.3, -0.25) is 14.2 Å². The molecule has 0 N–H and O–H groups in total. The predicted molar refractivity (Wildman–Crippen MR) is 117 cm³/mol. The molecule has 0 radical (unpaired) electrons. The SMILES string of the molecule is CCc1nc2scc(-c3ccc4ccccc4c3)c2c(=O)n1CCCC(=O)OC. The molecule has 4 rings (SSSR count). The van der Waals surface area contributed by atoms with E-state index in [0.29, 0.717) is 24.8 Å². The first-order chi connectivity index (χ1) is 14.1. The van der Waals surface area contributed by atoms with E-state index in [4.69, 9.17) is 9.72 Å². The number of ether oxygens (including phenoxy) is 1. The zero-order valence-corrected chi connectivity index (χ0v) is 17.3. The van der Waals surface area contributed by atoms with Crippen molar-refractivity contribution in [2.75, 3.05) is 7.11 Å². The fourth-order valence-electron chi connectivity index (χ4n) is 3.62. The number of fused-ring (bicyclic) bond motifs is 2. The number of carbonyl (C=O) groups is 1. The third-order valence-corrected chi connectivity index (χ3v) is 6.01. The number of carbonyl (C=O) groups excluding carboxylic acids is 1. The molecule has 2 heterocycles. The molecule has 0 saturated heterocycles. The monoisotopic (exact) mass is 406 g/mol. The van der Waals surface area contributed by atoms with Crippen molar-refractivity contribution in [3.63, 3.8) is 0 Å². The smallest absolute Gasteiger partial charge is 0.305 e. The summed E-state index contributed by atoms with van der Waals surface area (Å²) in [5, 5.41) is 4.98. The number of esters is 1. The van der Waals surface area contributed by atoms with Crippen LogP contribution in [-0.2, 0) is 22.5 Å². The Morgan fingerprint density at radius 2 is 1.97 bits per heavy atom. The summed E-state index contributed by atoms with van der Waals surface area (Å²) in [5.74, 6) is 0.483. The van der Waals surface area contributed by atoms with Crippen molar-refractivity contribution in [3.05, 3.63) is 64.0 Å². The van der Waals surface area contributed by atoms with Crippen LogP contribution in [0.2, 0.25) is 0 Å². The molecule has 5 nitrogen and oxygen atoms in total. The van der Waals surface area contributed by atoms with Crippen LogP contribution in [0, 0.1) is 0 Å². The average Bonchev–Trinajstić information content (AvgIpc) is 3.18. The molecule has 148 valence electrons. The maximum Gasteiger partial charge on any atom is 0.305 e. The normalized spacial score (nSPS) is 11.2. The number of aryl methyl sites for hydroxylation is 1. The fraction of sp³-hybridized carbons (Fsp3) is 0.261. The molecule has 0 atom stereocenters. The highest BCUT2D eigenvalue weighted by molar-refractivity contribution is 7.17. The third kappa shape index (κ3) is 3.68. The van der Waals surface area contributed by atoms with Crippen LogP contribution in [0.25, 0.3) is 32.1 Å². The minimum atomic E-state index is -0.266. The summed E-state index contributed by atoms with van der Waals surface area (Å²) in [6, 6.07) is 14.4. The maximum atomic E-state index is 13.4. The minimum Gasteiger partial charge on any atom is -0.469 e. The molecule has 4 aromatic rings. The van der Waals surface area contributed by atoms with Gasteiger partial charge in [-0.2, -0.15) is 0 Å². The van der Waals surface area contributed by atoms with Gasteiger partial charge in [0.25, 0.3) is 5.56 Å². The molecule has 0 amide bonds.